The maximum atomic E-state index is 17.7. The molecule has 2 aliphatic heterocycles. The first-order valence-electron chi connectivity index (χ1n) is 30.3. The van der Waals surface area contributed by atoms with Crippen molar-refractivity contribution in [2.45, 2.75) is 61.9 Å². The Morgan fingerprint density at radius 3 is 0.854 bits per heavy atom. The van der Waals surface area contributed by atoms with E-state index in [0.717, 1.165) is 0 Å². The zero-order valence-electron chi connectivity index (χ0n) is 43.4. The number of fused-ring (bicyclic) bond motifs is 2. The number of esters is 1. The molecule has 2 unspecified atom stereocenters. The van der Waals surface area contributed by atoms with Gasteiger partial charge < -0.3 is 14.4 Å². The van der Waals surface area contributed by atoms with Crippen molar-refractivity contribution in [3.8, 4) is 0 Å². The average molecular weight is 1020 g/mol. The molecule has 82 heavy (non-hydrogen) atoms. The third-order valence-corrected chi connectivity index (χ3v) is 28.1. The molecule has 29 aromatic rings. The molecule has 0 radical (unpaired) electrons. The minimum atomic E-state index is -2.07. The van der Waals surface area contributed by atoms with Crippen molar-refractivity contribution >= 4 is 303 Å². The number of ether oxygens (including phenoxy) is 2. The molecule has 2 heterocycles. The molecule has 2 spiro atoms. The van der Waals surface area contributed by atoms with Gasteiger partial charge in [0.15, 0.2) is 5.72 Å². The number of benzene rings is 19. The number of amides is 1. The Balaban J connectivity index is 1.03. The summed E-state index contributed by atoms with van der Waals surface area (Å²) in [4.78, 5) is 37.2. The highest BCUT2D eigenvalue weighted by molar-refractivity contribution is 6.82. The van der Waals surface area contributed by atoms with Gasteiger partial charge >= 0.3 is 5.97 Å². The molecule has 2 saturated heterocycles. The lowest BCUT2D eigenvalue weighted by Crippen LogP contribution is -2.76. The second kappa shape index (κ2) is 7.67. The molecule has 1 amide bonds. The Morgan fingerprint density at radius 2 is 0.610 bits per heavy atom. The highest BCUT2D eigenvalue weighted by Gasteiger charge is 2.95. The number of carbonyl (C=O) groups is 2. The van der Waals surface area contributed by atoms with Crippen LogP contribution >= 0.6 is 0 Å². The van der Waals surface area contributed by atoms with Crippen molar-refractivity contribution in [3.05, 3.63) is 58.1 Å². The number of hydrogen-bond acceptors (Lipinski definition) is 4. The zero-order valence-corrected chi connectivity index (χ0v) is 43.4. The van der Waals surface area contributed by atoms with Gasteiger partial charge in [-0.15, -0.1) is 0 Å². The van der Waals surface area contributed by atoms with Gasteiger partial charge in [-0.25, -0.2) is 4.79 Å². The summed E-state index contributed by atoms with van der Waals surface area (Å²) >= 11 is 0. The Bertz CT molecular complexity index is 7790. The van der Waals surface area contributed by atoms with Gasteiger partial charge in [-0.2, -0.15) is 0 Å². The van der Waals surface area contributed by atoms with Gasteiger partial charge in [0.25, 0.3) is 11.5 Å². The van der Waals surface area contributed by atoms with Gasteiger partial charge in [-0.05, 0) is 353 Å². The lowest BCUT2D eigenvalue weighted by Gasteiger charge is -2.60. The van der Waals surface area contributed by atoms with E-state index >= 15 is 9.59 Å². The quantitative estimate of drug-likeness (QED) is 0.100. The first kappa shape index (κ1) is 33.4. The van der Waals surface area contributed by atoms with E-state index in [4.69, 9.17) is 9.47 Å². The van der Waals surface area contributed by atoms with Crippen molar-refractivity contribution in [1.82, 2.24) is 4.90 Å². The van der Waals surface area contributed by atoms with Gasteiger partial charge in [0, 0.05) is 6.54 Å². The van der Waals surface area contributed by atoms with Crippen LogP contribution in [0.2, 0.25) is 0 Å². The minimum absolute atomic E-state index is 0.219. The second-order valence-corrected chi connectivity index (χ2v) is 30.2. The summed E-state index contributed by atoms with van der Waals surface area (Å²) in [6.45, 7) is 8.70. The molecule has 35 rings (SSSR count). The van der Waals surface area contributed by atoms with Crippen molar-refractivity contribution in [2.24, 2.45) is 0 Å². The summed E-state index contributed by atoms with van der Waals surface area (Å²) in [5, 5.41) is 80.2. The van der Waals surface area contributed by atoms with E-state index in [9.17, 15) is 0 Å². The van der Waals surface area contributed by atoms with Crippen molar-refractivity contribution < 1.29 is 19.1 Å². The Kier molecular flexibility index (Phi) is 3.12. The van der Waals surface area contributed by atoms with Gasteiger partial charge in [0.2, 0.25) is 0 Å². The average Bonchev–Trinajstić information content (AvgIpc) is 1.37. The summed E-state index contributed by atoms with van der Waals surface area (Å²) in [5.74, 6) is -0.740. The van der Waals surface area contributed by atoms with Crippen LogP contribution in [0.3, 0.4) is 0 Å². The number of rotatable bonds is 4. The molecule has 29 aromatic carbocycles. The van der Waals surface area contributed by atoms with Gasteiger partial charge in [0.1, 0.15) is 5.60 Å². The molecule has 0 saturated carbocycles. The number of nitrogens with zero attached hydrogens (tertiary/aromatic N) is 1. The Hall–Kier alpha value is -9.42. The van der Waals surface area contributed by atoms with Gasteiger partial charge in [-0.1, -0.05) is 30.3 Å². The predicted octanol–water partition coefficient (Wildman–Crippen LogP) is 18.2. The smallest absolute Gasteiger partial charge is 0.350 e. The molecule has 5 nitrogen and oxygen atoms in total. The van der Waals surface area contributed by atoms with Crippen LogP contribution in [-0.2, 0) is 36.3 Å². The second-order valence-electron chi connectivity index (χ2n) is 30.2. The summed E-state index contributed by atoms with van der Waals surface area (Å²) in [7, 11) is 0. The fourth-order valence-corrected chi connectivity index (χ4v) is 27.8. The first-order chi connectivity index (χ1) is 40.2. The van der Waals surface area contributed by atoms with Gasteiger partial charge in [0.05, 0.1) is 10.8 Å². The Morgan fingerprint density at radius 1 is 0.378 bits per heavy atom. The zero-order chi connectivity index (χ0) is 50.7. The molecule has 2 atom stereocenters. The first-order valence-corrected chi connectivity index (χ1v) is 30.3. The fourth-order valence-electron chi connectivity index (χ4n) is 27.8. The van der Waals surface area contributed by atoms with Crippen LogP contribution in [-0.4, -0.2) is 40.2 Å². The predicted molar refractivity (Wildman–Crippen MR) is 334 cm³/mol. The van der Waals surface area contributed by atoms with Crippen molar-refractivity contribution in [2.75, 3.05) is 6.54 Å². The van der Waals surface area contributed by atoms with Crippen LogP contribution < -0.4 is 0 Å². The maximum absolute atomic E-state index is 17.7. The van der Waals surface area contributed by atoms with E-state index in [1.54, 1.807) is 64.6 Å². The topological polar surface area (TPSA) is 55.8 Å². The van der Waals surface area contributed by atoms with Crippen molar-refractivity contribution in [1.29, 1.82) is 0 Å². The molecule has 4 aliphatic carbocycles. The highest BCUT2D eigenvalue weighted by atomic mass is 16.6. The van der Waals surface area contributed by atoms with Crippen molar-refractivity contribution in [3.63, 3.8) is 0 Å². The van der Waals surface area contributed by atoms with E-state index in [0.29, 0.717) is 13.0 Å². The lowest BCUT2D eigenvalue weighted by molar-refractivity contribution is -0.184. The lowest BCUT2D eigenvalue weighted by atomic mass is 9.40. The number of piperidine rings is 1. The van der Waals surface area contributed by atoms with Crippen LogP contribution in [0.25, 0.3) is 291 Å². The summed E-state index contributed by atoms with van der Waals surface area (Å²) in [6, 6.07) is 10.7. The van der Waals surface area contributed by atoms with E-state index in [2.05, 4.69) is 42.2 Å². The molecule has 2 fully saturated rings. The largest absolute Gasteiger partial charge is 0.457 e. The minimum Gasteiger partial charge on any atom is -0.457 e. The summed E-state index contributed by atoms with van der Waals surface area (Å²) in [5.41, 5.74) is -0.327. The normalized spacial score (nSPS) is 25.4. The number of hydrogen-bond donors (Lipinski definition) is 0. The number of carbonyl (C=O) groups excluding carboxylic acids is 2. The number of likely N-dealkylation sites (tertiary alicyclic amines) is 1. The van der Waals surface area contributed by atoms with E-state index in [-0.39, 0.29) is 5.91 Å². The Labute approximate surface area is 450 Å². The molecular formula is C77H21NO4. The highest BCUT2D eigenvalue weighted by Crippen LogP contribution is 2.90. The van der Waals surface area contributed by atoms with E-state index in [1.165, 1.54) is 254 Å². The third kappa shape index (κ3) is 1.87. The van der Waals surface area contributed by atoms with Crippen LogP contribution in [0, 0.1) is 0 Å². The standard InChI is InChI=1S/C77H21NO4/c1-73(2,3)81-72(80)77-71(79)78(11-10-12-8-6-5-7-9-12)74(4,82-77)75-67-59-51-41-31-23-15-13-14-17-21-19(15)27-35-29(21)39-33-25(17)26-18(14)22-20-16(13)24(23)32-38-28(20)36-30(22)40-34(26)44-43(33)53-47(39)57-49(35)55(45(51)37(27)31)61(67)63(57)69-65(53)66-54(44)48(40)58-50(36)56-46(38)52(42(32)41)60(59)68(75)62(56)64(58)70(66)76(69,75)77/h5-9H,10-11H2,1-4H3. The summed E-state index contributed by atoms with van der Waals surface area (Å²) < 4.78 is 15.6. The van der Waals surface area contributed by atoms with Crippen LogP contribution in [0.5, 0.6) is 0 Å². The van der Waals surface area contributed by atoms with Crippen LogP contribution in [0.15, 0.2) is 30.3 Å². The maximum Gasteiger partial charge on any atom is 0.350 e. The molecular weight excluding hydrogens is 1000 g/mol. The molecule has 358 valence electrons. The molecule has 5 heteroatoms. The summed E-state index contributed by atoms with van der Waals surface area (Å²) in [6.07, 6.45) is 0.634. The van der Waals surface area contributed by atoms with Crippen LogP contribution in [0.1, 0.15) is 55.5 Å². The molecule has 0 aromatic heterocycles. The fraction of sp³-hybridized carbons (Fsp3) is 0.143. The third-order valence-electron chi connectivity index (χ3n) is 28.1. The molecule has 2 bridgehead atoms. The van der Waals surface area contributed by atoms with E-state index in [1.807, 2.05) is 20.8 Å². The monoisotopic (exact) mass is 1020 g/mol. The SMILES string of the molecule is CC(C)(C)OC(=O)C12OC(C)(N(CCc3ccccc3)C1=O)C13c4c5c6c7c8c9c(c%10c%11c1c1c4c4c%12c5c5c6c6c8c8c%13c9c9c%10c%10c%11c%11c1c1c4c4c%12c%12c5c5c6c8c6c8c%13c9c9c%10c%10c%11c1c1c4c4c%12c5c6c5c8c9c%10c1c45)C723. The molecule has 6 aliphatic rings. The van der Waals surface area contributed by atoms with Gasteiger partial charge in [-0.3, -0.25) is 4.79 Å². The van der Waals surface area contributed by atoms with E-state index < -0.39 is 33.7 Å². The molecule has 0 N–H and O–H groups in total. The van der Waals surface area contributed by atoms with Crippen LogP contribution in [0.4, 0.5) is 0 Å².